The van der Waals surface area contributed by atoms with Gasteiger partial charge in [-0.05, 0) is 65.4 Å². The Bertz CT molecular complexity index is 1170. The second kappa shape index (κ2) is 8.94. The van der Waals surface area contributed by atoms with E-state index in [9.17, 15) is 8.42 Å². The van der Waals surface area contributed by atoms with Crippen LogP contribution in [0.3, 0.4) is 0 Å². The fraction of sp³-hybridized carbons (Fsp3) is 0.286. The number of hydrogen-bond acceptors (Lipinski definition) is 6. The van der Waals surface area contributed by atoms with Crippen LogP contribution in [0.5, 0.6) is 5.75 Å². The molecule has 0 spiro atoms. The first-order valence-electron chi connectivity index (χ1n) is 9.70. The number of halogens is 1. The number of nitrogens with one attached hydrogen (secondary N) is 2. The minimum Gasteiger partial charge on any atom is -0.490 e. The van der Waals surface area contributed by atoms with Gasteiger partial charge in [0.25, 0.3) is 0 Å². The summed E-state index contributed by atoms with van der Waals surface area (Å²) in [6.45, 7) is 2.32. The van der Waals surface area contributed by atoms with Crippen molar-refractivity contribution in [3.05, 3.63) is 52.2 Å². The Morgan fingerprint density at radius 1 is 1.17 bits per heavy atom. The van der Waals surface area contributed by atoms with Crippen LogP contribution >= 0.6 is 22.6 Å². The zero-order valence-corrected chi connectivity index (χ0v) is 19.5. The number of nitrogens with zero attached hydrogens (tertiary/aromatic N) is 2. The van der Waals surface area contributed by atoms with Crippen molar-refractivity contribution in [2.24, 2.45) is 0 Å². The van der Waals surface area contributed by atoms with E-state index in [-0.39, 0.29) is 4.90 Å². The van der Waals surface area contributed by atoms with Gasteiger partial charge in [-0.15, -0.1) is 0 Å². The summed E-state index contributed by atoms with van der Waals surface area (Å²) in [6.07, 6.45) is 2.43. The summed E-state index contributed by atoms with van der Waals surface area (Å²) in [5.41, 5.74) is 2.84. The summed E-state index contributed by atoms with van der Waals surface area (Å²) in [6, 6.07) is 13.1. The Kier molecular flexibility index (Phi) is 6.30. The highest BCUT2D eigenvalue weighted by atomic mass is 127. The monoisotopic (exact) mass is 538 g/mol. The highest BCUT2D eigenvalue weighted by Crippen LogP contribution is 2.32. The summed E-state index contributed by atoms with van der Waals surface area (Å²) in [5, 5.41) is 4.43. The number of rotatable bonds is 7. The molecular formula is C21H23IN4O3S. The Hall–Kier alpha value is -2.11. The lowest BCUT2D eigenvalue weighted by Gasteiger charge is -2.27. The zero-order chi connectivity index (χ0) is 21.1. The third-order valence-corrected chi connectivity index (χ3v) is 7.13. The molecule has 0 saturated carbocycles. The van der Waals surface area contributed by atoms with E-state index in [1.165, 1.54) is 0 Å². The lowest BCUT2D eigenvalue weighted by molar-refractivity contribution is 0.310. The molecule has 158 valence electrons. The van der Waals surface area contributed by atoms with Gasteiger partial charge in [0, 0.05) is 47.0 Å². The topological polar surface area (TPSA) is 83.6 Å². The number of benzene rings is 2. The minimum absolute atomic E-state index is 0.222. The number of aromatic nitrogens is 1. The molecule has 0 unspecified atom stereocenters. The number of fused-ring (bicyclic) bond motifs is 2. The van der Waals surface area contributed by atoms with Gasteiger partial charge < -0.3 is 15.0 Å². The number of sulfonamides is 1. The van der Waals surface area contributed by atoms with Crippen LogP contribution in [0.15, 0.2) is 53.6 Å². The number of anilines is 2. The van der Waals surface area contributed by atoms with E-state index in [0.29, 0.717) is 31.9 Å². The van der Waals surface area contributed by atoms with Crippen molar-refractivity contribution in [2.45, 2.75) is 11.3 Å². The Labute approximate surface area is 190 Å². The number of ether oxygens (including phenoxy) is 1. The number of pyridine rings is 1. The second-order valence-corrected chi connectivity index (χ2v) is 10.1. The third-order valence-electron chi connectivity index (χ3n) is 5.00. The van der Waals surface area contributed by atoms with Crippen molar-refractivity contribution >= 4 is 54.9 Å². The first-order valence-corrected chi connectivity index (χ1v) is 12.3. The van der Waals surface area contributed by atoms with Gasteiger partial charge in [-0.2, -0.15) is 0 Å². The molecule has 3 aromatic rings. The predicted octanol–water partition coefficient (Wildman–Crippen LogP) is 3.45. The van der Waals surface area contributed by atoms with Crippen molar-refractivity contribution in [3.63, 3.8) is 0 Å². The summed E-state index contributed by atoms with van der Waals surface area (Å²) in [5.74, 6) is 0.604. The van der Waals surface area contributed by atoms with Crippen LogP contribution in [0.1, 0.15) is 6.42 Å². The highest BCUT2D eigenvalue weighted by Gasteiger charge is 2.20. The SMILES string of the molecule is CN1CCOc2cc(S(=O)(=O)NCCCNc3ccnc4cc(I)ccc34)ccc21. The van der Waals surface area contributed by atoms with E-state index in [4.69, 9.17) is 4.74 Å². The van der Waals surface area contributed by atoms with Gasteiger partial charge in [-0.1, -0.05) is 0 Å². The lowest BCUT2D eigenvalue weighted by atomic mass is 10.2. The van der Waals surface area contributed by atoms with Crippen LogP contribution < -0.4 is 19.7 Å². The van der Waals surface area contributed by atoms with Crippen LogP contribution in [0.25, 0.3) is 10.9 Å². The van der Waals surface area contributed by atoms with Gasteiger partial charge in [0.15, 0.2) is 0 Å². The van der Waals surface area contributed by atoms with Crippen LogP contribution in [-0.4, -0.2) is 46.7 Å². The predicted molar refractivity (Wildman–Crippen MR) is 128 cm³/mol. The van der Waals surface area contributed by atoms with Gasteiger partial charge in [0.2, 0.25) is 10.0 Å². The molecule has 9 heteroatoms. The Balaban J connectivity index is 1.33. The summed E-state index contributed by atoms with van der Waals surface area (Å²) in [7, 11) is -1.62. The molecule has 0 saturated heterocycles. The molecule has 0 fully saturated rings. The Morgan fingerprint density at radius 3 is 2.90 bits per heavy atom. The summed E-state index contributed by atoms with van der Waals surface area (Å²) >= 11 is 2.27. The van der Waals surface area contributed by atoms with E-state index >= 15 is 0 Å². The van der Waals surface area contributed by atoms with Gasteiger partial charge in [0.05, 0.1) is 22.6 Å². The molecule has 0 atom stereocenters. The maximum atomic E-state index is 12.6. The maximum Gasteiger partial charge on any atom is 0.240 e. The van der Waals surface area contributed by atoms with Crippen LogP contribution in [0.2, 0.25) is 0 Å². The average Bonchev–Trinajstić information content (AvgIpc) is 2.73. The molecule has 0 bridgehead atoms. The third kappa shape index (κ3) is 4.62. The quantitative estimate of drug-likeness (QED) is 0.354. The second-order valence-electron chi connectivity index (χ2n) is 7.10. The molecule has 2 heterocycles. The first-order chi connectivity index (χ1) is 14.4. The fourth-order valence-electron chi connectivity index (χ4n) is 3.38. The van der Waals surface area contributed by atoms with Gasteiger partial charge in [-0.25, -0.2) is 13.1 Å². The van der Waals surface area contributed by atoms with Crippen molar-refractivity contribution in [3.8, 4) is 5.75 Å². The van der Waals surface area contributed by atoms with E-state index in [1.807, 2.05) is 31.3 Å². The number of hydrogen-bond donors (Lipinski definition) is 2. The van der Waals surface area contributed by atoms with Crippen molar-refractivity contribution in [1.82, 2.24) is 9.71 Å². The molecule has 2 aromatic carbocycles. The minimum atomic E-state index is -3.58. The van der Waals surface area contributed by atoms with Crippen molar-refractivity contribution < 1.29 is 13.2 Å². The lowest BCUT2D eigenvalue weighted by Crippen LogP contribution is -2.29. The van der Waals surface area contributed by atoms with E-state index in [2.05, 4.69) is 42.5 Å². The summed E-state index contributed by atoms with van der Waals surface area (Å²) in [4.78, 5) is 6.67. The average molecular weight is 538 g/mol. The van der Waals surface area contributed by atoms with Gasteiger partial charge >= 0.3 is 0 Å². The molecule has 2 N–H and O–H groups in total. The standard InChI is InChI=1S/C21H23IN4O3S/c1-26-11-12-29-21-14-16(4-6-20(21)26)30(27,28)25-9-2-8-23-18-7-10-24-19-13-15(22)3-5-17(18)19/h3-7,10,13-14,25H,2,8-9,11-12H2,1H3,(H,23,24). The molecular weight excluding hydrogens is 515 g/mol. The number of likely N-dealkylation sites (N-methyl/N-ethyl adjacent to an activating group) is 1. The van der Waals surface area contributed by atoms with E-state index in [0.717, 1.165) is 32.4 Å². The molecule has 0 aliphatic carbocycles. The van der Waals surface area contributed by atoms with E-state index < -0.39 is 10.0 Å². The molecule has 0 radical (unpaired) electrons. The molecule has 4 rings (SSSR count). The Morgan fingerprint density at radius 2 is 2.03 bits per heavy atom. The normalized spacial score (nSPS) is 13.7. The zero-order valence-electron chi connectivity index (χ0n) is 16.6. The largest absolute Gasteiger partial charge is 0.490 e. The van der Waals surface area contributed by atoms with Crippen LogP contribution in [0, 0.1) is 3.57 Å². The first kappa shape index (κ1) is 21.1. The van der Waals surface area contributed by atoms with Crippen LogP contribution in [0.4, 0.5) is 11.4 Å². The van der Waals surface area contributed by atoms with Crippen molar-refractivity contribution in [2.75, 3.05) is 43.5 Å². The highest BCUT2D eigenvalue weighted by molar-refractivity contribution is 14.1. The molecule has 30 heavy (non-hydrogen) atoms. The maximum absolute atomic E-state index is 12.6. The fourth-order valence-corrected chi connectivity index (χ4v) is 4.95. The molecule has 1 aliphatic heterocycles. The van der Waals surface area contributed by atoms with Gasteiger partial charge in [0.1, 0.15) is 12.4 Å². The van der Waals surface area contributed by atoms with Crippen molar-refractivity contribution in [1.29, 1.82) is 0 Å². The smallest absolute Gasteiger partial charge is 0.240 e. The van der Waals surface area contributed by atoms with Gasteiger partial charge in [-0.3, -0.25) is 4.98 Å². The molecule has 7 nitrogen and oxygen atoms in total. The molecule has 0 amide bonds. The molecule has 1 aliphatic rings. The summed E-state index contributed by atoms with van der Waals surface area (Å²) < 4.78 is 34.7. The molecule has 1 aromatic heterocycles. The van der Waals surface area contributed by atoms with E-state index in [1.54, 1.807) is 24.4 Å². The van der Waals surface area contributed by atoms with Crippen LogP contribution in [-0.2, 0) is 10.0 Å².